The molecule has 8 heteroatoms. The fraction of sp³-hybridized carbons (Fsp3) is 0.222. The minimum absolute atomic E-state index is 0.0619. The van der Waals surface area contributed by atoms with Crippen molar-refractivity contribution >= 4 is 17.5 Å². The molecule has 2 N–H and O–H groups in total. The van der Waals surface area contributed by atoms with Crippen LogP contribution in [0.4, 0.5) is 18.9 Å². The molecule has 0 bridgehead atoms. The Labute approximate surface area is 148 Å². The smallest absolute Gasteiger partial charge is 0.367 e. The van der Waals surface area contributed by atoms with E-state index in [1.807, 2.05) is 30.3 Å². The lowest BCUT2D eigenvalue weighted by Gasteiger charge is -2.12. The lowest BCUT2D eigenvalue weighted by molar-refractivity contribution is -0.123. The van der Waals surface area contributed by atoms with Crippen LogP contribution in [0.15, 0.2) is 54.6 Å². The zero-order valence-corrected chi connectivity index (χ0v) is 13.7. The van der Waals surface area contributed by atoms with E-state index in [0.717, 1.165) is 5.56 Å². The van der Waals surface area contributed by atoms with Crippen LogP contribution in [-0.4, -0.2) is 31.1 Å². The van der Waals surface area contributed by atoms with Gasteiger partial charge >= 0.3 is 6.18 Å². The van der Waals surface area contributed by atoms with Crippen molar-refractivity contribution < 1.29 is 27.5 Å². The van der Waals surface area contributed by atoms with Gasteiger partial charge in [-0.2, -0.15) is 13.2 Å². The Morgan fingerprint density at radius 3 is 2.31 bits per heavy atom. The molecule has 5 nitrogen and oxygen atoms in total. The van der Waals surface area contributed by atoms with Gasteiger partial charge in [0.25, 0.3) is 5.91 Å². The highest BCUT2D eigenvalue weighted by atomic mass is 19.4. The van der Waals surface area contributed by atoms with E-state index in [1.54, 1.807) is 11.4 Å². The highest BCUT2D eigenvalue weighted by Gasteiger charge is 2.28. The SMILES string of the molecule is O=C(COCc1ccccc1)Nc1ccccc1C(=O)NCC(F)(F)F. The molecule has 0 fully saturated rings. The molecule has 0 unspecified atom stereocenters. The van der Waals surface area contributed by atoms with Crippen LogP contribution in [-0.2, 0) is 16.1 Å². The molecule has 0 spiro atoms. The van der Waals surface area contributed by atoms with Gasteiger partial charge in [-0.3, -0.25) is 9.59 Å². The Morgan fingerprint density at radius 2 is 1.62 bits per heavy atom. The molecule has 0 aliphatic carbocycles. The number of alkyl halides is 3. The van der Waals surface area contributed by atoms with Gasteiger partial charge in [-0.15, -0.1) is 0 Å². The molecule has 0 radical (unpaired) electrons. The average molecular weight is 366 g/mol. The van der Waals surface area contributed by atoms with Gasteiger partial charge in [0.1, 0.15) is 13.2 Å². The highest BCUT2D eigenvalue weighted by Crippen LogP contribution is 2.17. The van der Waals surface area contributed by atoms with Crippen LogP contribution in [0.2, 0.25) is 0 Å². The molecule has 0 saturated heterocycles. The van der Waals surface area contributed by atoms with Gasteiger partial charge < -0.3 is 15.4 Å². The maximum absolute atomic E-state index is 12.2. The Bertz CT molecular complexity index is 749. The van der Waals surface area contributed by atoms with Crippen LogP contribution < -0.4 is 10.6 Å². The first-order valence-corrected chi connectivity index (χ1v) is 7.70. The highest BCUT2D eigenvalue weighted by molar-refractivity contribution is 6.03. The van der Waals surface area contributed by atoms with Gasteiger partial charge in [0, 0.05) is 0 Å². The molecule has 0 aliphatic rings. The van der Waals surface area contributed by atoms with Gasteiger partial charge in [0.05, 0.1) is 17.9 Å². The standard InChI is InChI=1S/C18H17F3N2O3/c19-18(20,21)12-22-17(25)14-8-4-5-9-15(14)23-16(24)11-26-10-13-6-2-1-3-7-13/h1-9H,10-12H2,(H,22,25)(H,23,24). The fourth-order valence-electron chi connectivity index (χ4n) is 2.09. The second-order valence-corrected chi connectivity index (χ2v) is 5.37. The van der Waals surface area contributed by atoms with Crippen LogP contribution in [0.5, 0.6) is 0 Å². The summed E-state index contributed by atoms with van der Waals surface area (Å²) in [6, 6.07) is 15.0. The first-order valence-electron chi connectivity index (χ1n) is 7.70. The van der Waals surface area contributed by atoms with Crippen molar-refractivity contribution in [2.45, 2.75) is 12.8 Å². The number of anilines is 1. The number of hydrogen-bond acceptors (Lipinski definition) is 3. The minimum Gasteiger partial charge on any atom is -0.367 e. The van der Waals surface area contributed by atoms with Crippen LogP contribution in [0.25, 0.3) is 0 Å². The number of halogens is 3. The normalized spacial score (nSPS) is 11.0. The van der Waals surface area contributed by atoms with Gasteiger partial charge in [0.2, 0.25) is 5.91 Å². The predicted molar refractivity (Wildman–Crippen MR) is 89.6 cm³/mol. The third-order valence-corrected chi connectivity index (χ3v) is 3.24. The van der Waals surface area contributed by atoms with Gasteiger partial charge in [-0.05, 0) is 17.7 Å². The summed E-state index contributed by atoms with van der Waals surface area (Å²) in [5, 5.41) is 4.24. The van der Waals surface area contributed by atoms with Crippen molar-refractivity contribution in [2.24, 2.45) is 0 Å². The van der Waals surface area contributed by atoms with E-state index in [1.165, 1.54) is 18.2 Å². The largest absolute Gasteiger partial charge is 0.405 e. The maximum atomic E-state index is 12.2. The molecule has 0 atom stereocenters. The molecular weight excluding hydrogens is 349 g/mol. The second-order valence-electron chi connectivity index (χ2n) is 5.37. The Kier molecular flexibility index (Phi) is 6.74. The monoisotopic (exact) mass is 366 g/mol. The fourth-order valence-corrected chi connectivity index (χ4v) is 2.09. The van der Waals surface area contributed by atoms with Crippen molar-refractivity contribution in [3.63, 3.8) is 0 Å². The first-order chi connectivity index (χ1) is 12.3. The average Bonchev–Trinajstić information content (AvgIpc) is 2.60. The van der Waals surface area contributed by atoms with Gasteiger partial charge in [0.15, 0.2) is 0 Å². The molecular formula is C18H17F3N2O3. The molecule has 2 rings (SSSR count). The number of carbonyl (C=O) groups is 2. The summed E-state index contributed by atoms with van der Waals surface area (Å²) in [7, 11) is 0. The Hall–Kier alpha value is -2.87. The molecule has 0 heterocycles. The summed E-state index contributed by atoms with van der Waals surface area (Å²) in [5.41, 5.74) is 0.945. The summed E-state index contributed by atoms with van der Waals surface area (Å²) in [6.45, 7) is -1.47. The molecule has 0 saturated carbocycles. The van der Waals surface area contributed by atoms with E-state index >= 15 is 0 Å². The summed E-state index contributed by atoms with van der Waals surface area (Å²) < 4.78 is 41.9. The van der Waals surface area contributed by atoms with Crippen LogP contribution in [0, 0.1) is 0 Å². The molecule has 138 valence electrons. The zero-order valence-electron chi connectivity index (χ0n) is 13.7. The third-order valence-electron chi connectivity index (χ3n) is 3.24. The van der Waals surface area contributed by atoms with E-state index in [9.17, 15) is 22.8 Å². The first kappa shape index (κ1) is 19.5. The predicted octanol–water partition coefficient (Wildman–Crippen LogP) is 3.13. The van der Waals surface area contributed by atoms with E-state index in [4.69, 9.17) is 4.74 Å². The summed E-state index contributed by atoms with van der Waals surface area (Å²) >= 11 is 0. The van der Waals surface area contributed by atoms with Crippen LogP contribution in [0.3, 0.4) is 0 Å². The van der Waals surface area contributed by atoms with Crippen LogP contribution in [0.1, 0.15) is 15.9 Å². The number of rotatable bonds is 7. The molecule has 26 heavy (non-hydrogen) atoms. The van der Waals surface area contributed by atoms with Gasteiger partial charge in [-0.1, -0.05) is 42.5 Å². The van der Waals surface area contributed by atoms with E-state index in [-0.39, 0.29) is 24.5 Å². The number of amides is 2. The van der Waals surface area contributed by atoms with E-state index < -0.39 is 24.5 Å². The van der Waals surface area contributed by atoms with Crippen molar-refractivity contribution in [1.29, 1.82) is 0 Å². The molecule has 2 amide bonds. The number of benzene rings is 2. The summed E-state index contributed by atoms with van der Waals surface area (Å²) in [5.74, 6) is -1.44. The molecule has 2 aromatic rings. The van der Waals surface area contributed by atoms with Crippen molar-refractivity contribution in [2.75, 3.05) is 18.5 Å². The topological polar surface area (TPSA) is 67.4 Å². The van der Waals surface area contributed by atoms with Crippen molar-refractivity contribution in [3.05, 3.63) is 65.7 Å². The maximum Gasteiger partial charge on any atom is 0.405 e. The van der Waals surface area contributed by atoms with Crippen LogP contribution >= 0.6 is 0 Å². The number of ether oxygens (including phenoxy) is 1. The van der Waals surface area contributed by atoms with Crippen molar-refractivity contribution in [1.82, 2.24) is 5.32 Å². The van der Waals surface area contributed by atoms with E-state index in [0.29, 0.717) is 0 Å². The number of nitrogens with one attached hydrogen (secondary N) is 2. The molecule has 0 aliphatic heterocycles. The number of carbonyl (C=O) groups excluding carboxylic acids is 2. The molecule has 2 aromatic carbocycles. The summed E-state index contributed by atoms with van der Waals surface area (Å²) in [4.78, 5) is 23.8. The quantitative estimate of drug-likeness (QED) is 0.791. The number of hydrogen-bond donors (Lipinski definition) is 2. The van der Waals surface area contributed by atoms with E-state index in [2.05, 4.69) is 5.32 Å². The lowest BCUT2D eigenvalue weighted by atomic mass is 10.1. The van der Waals surface area contributed by atoms with Crippen molar-refractivity contribution in [3.8, 4) is 0 Å². The Morgan fingerprint density at radius 1 is 0.962 bits per heavy atom. The second kappa shape index (κ2) is 9.00. The number of para-hydroxylation sites is 1. The lowest BCUT2D eigenvalue weighted by Crippen LogP contribution is -2.34. The minimum atomic E-state index is -4.51. The third kappa shape index (κ3) is 6.56. The zero-order chi connectivity index (χ0) is 19.0. The molecule has 0 aromatic heterocycles. The summed E-state index contributed by atoms with van der Waals surface area (Å²) in [6.07, 6.45) is -4.51. The Balaban J connectivity index is 1.90. The van der Waals surface area contributed by atoms with Gasteiger partial charge in [-0.25, -0.2) is 0 Å².